The first-order valence-electron chi connectivity index (χ1n) is 10.4. The highest BCUT2D eigenvalue weighted by atomic mass is 35.5. The van der Waals surface area contributed by atoms with Crippen LogP contribution in [0.3, 0.4) is 0 Å². The molecule has 34 heavy (non-hydrogen) atoms. The Morgan fingerprint density at radius 2 is 1.97 bits per heavy atom. The van der Waals surface area contributed by atoms with Gasteiger partial charge in [0.1, 0.15) is 5.82 Å². The van der Waals surface area contributed by atoms with Crippen LogP contribution in [0.25, 0.3) is 11.5 Å². The zero-order chi connectivity index (χ0) is 24.1. The molecule has 0 saturated heterocycles. The second-order valence-corrected chi connectivity index (χ2v) is 7.68. The van der Waals surface area contributed by atoms with Gasteiger partial charge >= 0.3 is 0 Å². The number of halogens is 1. The van der Waals surface area contributed by atoms with E-state index in [9.17, 15) is 9.90 Å². The molecule has 0 aliphatic carbocycles. The van der Waals surface area contributed by atoms with E-state index in [1.807, 2.05) is 30.3 Å². The van der Waals surface area contributed by atoms with Crippen molar-refractivity contribution < 1.29 is 14.3 Å². The summed E-state index contributed by atoms with van der Waals surface area (Å²) in [4.78, 5) is 20.8. The number of aliphatic hydroxyl groups is 1. The fraction of sp³-hybridized carbons (Fsp3) is 0.174. The lowest BCUT2D eigenvalue weighted by Crippen LogP contribution is -2.18. The smallest absolute Gasteiger partial charge is 0.253 e. The van der Waals surface area contributed by atoms with Crippen LogP contribution in [0.4, 0.5) is 17.5 Å². The minimum atomic E-state index is -0.437. The standard InChI is InChI=1S/C23H22ClN7O3/c1-13-30-31-22(34-13)17-11-26-23(27-15-8-9-16(18(24)10-15)21(33)25-2)29-20(17)28-19(12-32)14-6-4-3-5-7-14/h3-11,19,32H,12H2,1-2H3,(H,25,33)(H2,26,27,28,29)/t19-/m1/s1. The Labute approximate surface area is 200 Å². The minimum absolute atomic E-state index is 0.171. The second kappa shape index (κ2) is 10.3. The molecular formula is C23H22ClN7O3. The van der Waals surface area contributed by atoms with Gasteiger partial charge in [0.2, 0.25) is 11.8 Å². The van der Waals surface area contributed by atoms with Crippen molar-refractivity contribution in [3.8, 4) is 11.5 Å². The topological polar surface area (TPSA) is 138 Å². The van der Waals surface area contributed by atoms with E-state index in [0.717, 1.165) is 5.56 Å². The van der Waals surface area contributed by atoms with E-state index in [4.69, 9.17) is 16.0 Å². The Bertz CT molecular complexity index is 1300. The lowest BCUT2D eigenvalue weighted by atomic mass is 10.1. The zero-order valence-electron chi connectivity index (χ0n) is 18.4. The third kappa shape index (κ3) is 5.13. The van der Waals surface area contributed by atoms with Crippen LogP contribution in [0.1, 0.15) is 27.9 Å². The lowest BCUT2D eigenvalue weighted by molar-refractivity contribution is 0.0963. The molecule has 0 aliphatic heterocycles. The number of carbonyl (C=O) groups excluding carboxylic acids is 1. The quantitative estimate of drug-likeness (QED) is 0.297. The van der Waals surface area contributed by atoms with Crippen molar-refractivity contribution in [2.45, 2.75) is 13.0 Å². The summed E-state index contributed by atoms with van der Waals surface area (Å²) in [6.07, 6.45) is 1.55. The number of benzene rings is 2. The molecule has 0 radical (unpaired) electrons. The van der Waals surface area contributed by atoms with Crippen LogP contribution >= 0.6 is 11.6 Å². The predicted octanol–water partition coefficient (Wildman–Crippen LogP) is 3.74. The molecule has 0 spiro atoms. The summed E-state index contributed by atoms with van der Waals surface area (Å²) < 4.78 is 5.57. The average molecular weight is 480 g/mol. The van der Waals surface area contributed by atoms with E-state index in [1.165, 1.54) is 7.05 Å². The maximum absolute atomic E-state index is 11.9. The number of carbonyl (C=O) groups is 1. The molecule has 1 amide bonds. The van der Waals surface area contributed by atoms with Gasteiger partial charge in [-0.15, -0.1) is 10.2 Å². The summed E-state index contributed by atoms with van der Waals surface area (Å²) in [6.45, 7) is 1.52. The van der Waals surface area contributed by atoms with Gasteiger partial charge in [0.15, 0.2) is 0 Å². The summed E-state index contributed by atoms with van der Waals surface area (Å²) in [7, 11) is 1.54. The van der Waals surface area contributed by atoms with Gasteiger partial charge in [-0.3, -0.25) is 4.79 Å². The first-order valence-corrected chi connectivity index (χ1v) is 10.7. The Morgan fingerprint density at radius 1 is 1.18 bits per heavy atom. The van der Waals surface area contributed by atoms with Gasteiger partial charge in [0.25, 0.3) is 11.8 Å². The molecule has 0 saturated carbocycles. The van der Waals surface area contributed by atoms with Crippen molar-refractivity contribution in [2.75, 3.05) is 24.3 Å². The molecule has 0 aliphatic rings. The van der Waals surface area contributed by atoms with Crippen LogP contribution in [0, 0.1) is 6.92 Å². The first-order chi connectivity index (χ1) is 16.5. The Hall–Kier alpha value is -4.02. The number of aromatic nitrogens is 4. The van der Waals surface area contributed by atoms with E-state index in [2.05, 4.69) is 36.1 Å². The molecule has 0 fully saturated rings. The Balaban J connectivity index is 1.67. The largest absolute Gasteiger partial charge is 0.421 e. The van der Waals surface area contributed by atoms with Crippen molar-refractivity contribution in [1.82, 2.24) is 25.5 Å². The summed E-state index contributed by atoms with van der Waals surface area (Å²) in [6, 6.07) is 14.0. The van der Waals surface area contributed by atoms with Gasteiger partial charge in [0, 0.05) is 25.9 Å². The van der Waals surface area contributed by atoms with Crippen molar-refractivity contribution in [3.05, 3.63) is 76.8 Å². The maximum Gasteiger partial charge on any atom is 0.253 e. The fourth-order valence-electron chi connectivity index (χ4n) is 3.24. The fourth-order valence-corrected chi connectivity index (χ4v) is 3.51. The van der Waals surface area contributed by atoms with Gasteiger partial charge < -0.3 is 25.5 Å². The van der Waals surface area contributed by atoms with E-state index in [0.29, 0.717) is 28.5 Å². The summed E-state index contributed by atoms with van der Waals surface area (Å²) in [5, 5.41) is 27.1. The lowest BCUT2D eigenvalue weighted by Gasteiger charge is -2.19. The average Bonchev–Trinajstić information content (AvgIpc) is 3.28. The van der Waals surface area contributed by atoms with E-state index < -0.39 is 6.04 Å². The van der Waals surface area contributed by atoms with Crippen LogP contribution in [-0.2, 0) is 0 Å². The van der Waals surface area contributed by atoms with Gasteiger partial charge in [-0.05, 0) is 23.8 Å². The summed E-state index contributed by atoms with van der Waals surface area (Å²) >= 11 is 6.25. The SMILES string of the molecule is CNC(=O)c1ccc(Nc2ncc(-c3nnc(C)o3)c(N[C@H](CO)c3ccccc3)n2)cc1Cl. The van der Waals surface area contributed by atoms with Crippen molar-refractivity contribution in [3.63, 3.8) is 0 Å². The number of rotatable bonds is 8. The van der Waals surface area contributed by atoms with Gasteiger partial charge in [-0.25, -0.2) is 4.98 Å². The molecule has 2 heterocycles. The molecule has 2 aromatic carbocycles. The number of aryl methyl sites for hydroxylation is 1. The monoisotopic (exact) mass is 479 g/mol. The van der Waals surface area contributed by atoms with Crippen LogP contribution in [0.5, 0.6) is 0 Å². The maximum atomic E-state index is 11.9. The molecule has 11 heteroatoms. The molecular weight excluding hydrogens is 458 g/mol. The van der Waals surface area contributed by atoms with Gasteiger partial charge in [0.05, 0.1) is 28.8 Å². The molecule has 1 atom stereocenters. The number of nitrogens with one attached hydrogen (secondary N) is 3. The van der Waals surface area contributed by atoms with Crippen molar-refractivity contribution in [1.29, 1.82) is 0 Å². The molecule has 4 rings (SSSR count). The molecule has 0 bridgehead atoms. The molecule has 10 nitrogen and oxygen atoms in total. The highest BCUT2D eigenvalue weighted by Crippen LogP contribution is 2.30. The van der Waals surface area contributed by atoms with Crippen LogP contribution < -0.4 is 16.0 Å². The molecule has 4 aromatic rings. The number of aliphatic hydroxyl groups excluding tert-OH is 1. The van der Waals surface area contributed by atoms with Crippen molar-refractivity contribution in [2.24, 2.45) is 0 Å². The number of nitrogens with zero attached hydrogens (tertiary/aromatic N) is 4. The third-order valence-electron chi connectivity index (χ3n) is 4.94. The second-order valence-electron chi connectivity index (χ2n) is 7.27. The highest BCUT2D eigenvalue weighted by molar-refractivity contribution is 6.34. The highest BCUT2D eigenvalue weighted by Gasteiger charge is 2.19. The zero-order valence-corrected chi connectivity index (χ0v) is 19.2. The Kier molecular flexibility index (Phi) is 7.00. The van der Waals surface area contributed by atoms with Gasteiger partial charge in [-0.2, -0.15) is 4.98 Å². The Morgan fingerprint density at radius 3 is 2.62 bits per heavy atom. The molecule has 174 valence electrons. The van der Waals surface area contributed by atoms with Crippen molar-refractivity contribution >= 4 is 35.0 Å². The predicted molar refractivity (Wildman–Crippen MR) is 128 cm³/mol. The minimum Gasteiger partial charge on any atom is -0.421 e. The molecule has 2 aromatic heterocycles. The first kappa shape index (κ1) is 23.1. The molecule has 4 N–H and O–H groups in total. The van der Waals surface area contributed by atoms with Crippen LogP contribution in [0.2, 0.25) is 5.02 Å². The number of anilines is 3. The van der Waals surface area contributed by atoms with E-state index in [1.54, 1.807) is 31.3 Å². The van der Waals surface area contributed by atoms with E-state index >= 15 is 0 Å². The number of hydrogen-bond acceptors (Lipinski definition) is 9. The van der Waals surface area contributed by atoms with E-state index in [-0.39, 0.29) is 29.4 Å². The number of amides is 1. The van der Waals surface area contributed by atoms with Gasteiger partial charge in [-0.1, -0.05) is 41.9 Å². The van der Waals surface area contributed by atoms with Crippen LogP contribution in [0.15, 0.2) is 59.1 Å². The summed E-state index contributed by atoms with van der Waals surface area (Å²) in [5.41, 5.74) is 2.30. The number of hydrogen-bond donors (Lipinski definition) is 4. The molecule has 0 unspecified atom stereocenters. The summed E-state index contributed by atoms with van der Waals surface area (Å²) in [5.74, 6) is 1.01. The third-order valence-corrected chi connectivity index (χ3v) is 5.25. The van der Waals surface area contributed by atoms with Crippen LogP contribution in [-0.4, -0.2) is 44.8 Å². The normalized spacial score (nSPS) is 11.6.